The molecule has 2 unspecified atom stereocenters. The van der Waals surface area contributed by atoms with Crippen LogP contribution < -0.4 is 5.73 Å². The molecule has 10 heavy (non-hydrogen) atoms. The molecule has 2 atom stereocenters. The SMILES string of the molecule is NCC1CC2C(C1)C2(F)F. The van der Waals surface area contributed by atoms with Crippen LogP contribution in [0.3, 0.4) is 0 Å². The summed E-state index contributed by atoms with van der Waals surface area (Å²) in [6.07, 6.45) is 1.32. The van der Waals surface area contributed by atoms with E-state index in [1.165, 1.54) is 0 Å². The van der Waals surface area contributed by atoms with Crippen LogP contribution in [-0.2, 0) is 0 Å². The second-order valence-corrected chi connectivity index (χ2v) is 3.46. The smallest absolute Gasteiger partial charge is 0.254 e. The van der Waals surface area contributed by atoms with Crippen LogP contribution in [0.5, 0.6) is 0 Å². The van der Waals surface area contributed by atoms with E-state index in [-0.39, 0.29) is 11.8 Å². The molecule has 58 valence electrons. The average molecular weight is 147 g/mol. The number of fused-ring (bicyclic) bond motifs is 1. The van der Waals surface area contributed by atoms with Crippen molar-refractivity contribution in [3.8, 4) is 0 Å². The fourth-order valence-electron chi connectivity index (χ4n) is 2.11. The monoisotopic (exact) mass is 147 g/mol. The van der Waals surface area contributed by atoms with Crippen LogP contribution in [0.2, 0.25) is 0 Å². The highest BCUT2D eigenvalue weighted by Crippen LogP contribution is 2.65. The molecule has 0 aromatic heterocycles. The molecule has 0 spiro atoms. The van der Waals surface area contributed by atoms with E-state index in [2.05, 4.69) is 0 Å². The summed E-state index contributed by atoms with van der Waals surface area (Å²) in [6, 6.07) is 0. The third-order valence-electron chi connectivity index (χ3n) is 2.87. The fourth-order valence-corrected chi connectivity index (χ4v) is 2.11. The molecular weight excluding hydrogens is 136 g/mol. The van der Waals surface area contributed by atoms with Crippen LogP contribution in [0.25, 0.3) is 0 Å². The topological polar surface area (TPSA) is 26.0 Å². The van der Waals surface area contributed by atoms with Crippen molar-refractivity contribution in [2.75, 3.05) is 6.54 Å². The van der Waals surface area contributed by atoms with Gasteiger partial charge >= 0.3 is 0 Å². The first kappa shape index (κ1) is 6.53. The maximum atomic E-state index is 12.5. The second-order valence-electron chi connectivity index (χ2n) is 3.46. The Morgan fingerprint density at radius 2 is 1.80 bits per heavy atom. The number of hydrogen-bond acceptors (Lipinski definition) is 1. The molecule has 2 saturated carbocycles. The van der Waals surface area contributed by atoms with E-state index in [9.17, 15) is 8.78 Å². The maximum absolute atomic E-state index is 12.5. The van der Waals surface area contributed by atoms with Gasteiger partial charge in [0.1, 0.15) is 0 Å². The molecule has 2 aliphatic carbocycles. The minimum absolute atomic E-state index is 0.305. The molecule has 2 fully saturated rings. The normalized spacial score (nSPS) is 48.9. The predicted molar refractivity (Wildman–Crippen MR) is 33.7 cm³/mol. The molecule has 0 aliphatic heterocycles. The van der Waals surface area contributed by atoms with Crippen LogP contribution in [0.15, 0.2) is 0 Å². The quantitative estimate of drug-likeness (QED) is 0.593. The van der Waals surface area contributed by atoms with Crippen LogP contribution in [0, 0.1) is 17.8 Å². The van der Waals surface area contributed by atoms with Gasteiger partial charge in [0.15, 0.2) is 0 Å². The summed E-state index contributed by atoms with van der Waals surface area (Å²) >= 11 is 0. The van der Waals surface area contributed by atoms with Crippen molar-refractivity contribution in [3.63, 3.8) is 0 Å². The fraction of sp³-hybridized carbons (Fsp3) is 1.00. The van der Waals surface area contributed by atoms with Crippen molar-refractivity contribution in [1.82, 2.24) is 0 Å². The van der Waals surface area contributed by atoms with Crippen molar-refractivity contribution in [3.05, 3.63) is 0 Å². The summed E-state index contributed by atoms with van der Waals surface area (Å²) in [7, 11) is 0. The van der Waals surface area contributed by atoms with Crippen molar-refractivity contribution in [1.29, 1.82) is 0 Å². The van der Waals surface area contributed by atoms with Crippen molar-refractivity contribution in [2.45, 2.75) is 18.8 Å². The number of hydrogen-bond donors (Lipinski definition) is 1. The molecule has 2 N–H and O–H groups in total. The van der Waals surface area contributed by atoms with E-state index in [1.54, 1.807) is 0 Å². The Morgan fingerprint density at radius 3 is 2.20 bits per heavy atom. The van der Waals surface area contributed by atoms with Gasteiger partial charge in [-0.3, -0.25) is 0 Å². The molecule has 0 bridgehead atoms. The molecule has 0 saturated heterocycles. The Bertz CT molecular complexity index is 144. The lowest BCUT2D eigenvalue weighted by Gasteiger charge is -2.09. The molecule has 0 aromatic carbocycles. The van der Waals surface area contributed by atoms with Crippen LogP contribution in [-0.4, -0.2) is 12.5 Å². The zero-order valence-electron chi connectivity index (χ0n) is 5.69. The van der Waals surface area contributed by atoms with Crippen molar-refractivity contribution < 1.29 is 8.78 Å². The lowest BCUT2D eigenvalue weighted by molar-refractivity contribution is 0.0646. The molecule has 3 heteroatoms. The minimum Gasteiger partial charge on any atom is -0.330 e. The Balaban J connectivity index is 1.96. The summed E-state index contributed by atoms with van der Waals surface area (Å²) in [4.78, 5) is 0. The molecule has 2 aliphatic rings. The largest absolute Gasteiger partial charge is 0.330 e. The van der Waals surface area contributed by atoms with Gasteiger partial charge in [-0.25, -0.2) is 8.78 Å². The van der Waals surface area contributed by atoms with Gasteiger partial charge < -0.3 is 5.73 Å². The first-order valence-corrected chi connectivity index (χ1v) is 3.74. The highest BCUT2D eigenvalue weighted by atomic mass is 19.3. The average Bonchev–Trinajstić information content (AvgIpc) is 2.37. The van der Waals surface area contributed by atoms with Crippen LogP contribution in [0.4, 0.5) is 8.78 Å². The van der Waals surface area contributed by atoms with Crippen molar-refractivity contribution >= 4 is 0 Å². The summed E-state index contributed by atoms with van der Waals surface area (Å²) in [6.45, 7) is 0.586. The highest BCUT2D eigenvalue weighted by Gasteiger charge is 2.71. The minimum atomic E-state index is -2.31. The Hall–Kier alpha value is -0.180. The molecule has 1 nitrogen and oxygen atoms in total. The zero-order valence-corrected chi connectivity index (χ0v) is 5.69. The first-order valence-electron chi connectivity index (χ1n) is 3.74. The van der Waals surface area contributed by atoms with E-state index in [0.29, 0.717) is 25.3 Å². The molecule has 0 amide bonds. The van der Waals surface area contributed by atoms with Gasteiger partial charge in [0.2, 0.25) is 0 Å². The van der Waals surface area contributed by atoms with Gasteiger partial charge in [0.05, 0.1) is 0 Å². The van der Waals surface area contributed by atoms with Gasteiger partial charge in [-0.05, 0) is 25.3 Å². The Labute approximate surface area is 58.6 Å². The second kappa shape index (κ2) is 1.70. The zero-order chi connectivity index (χ0) is 7.35. The number of rotatable bonds is 1. The predicted octanol–water partition coefficient (Wildman–Crippen LogP) is 1.24. The standard InChI is InChI=1S/C7H11F2N/c8-7(9)5-1-4(3-10)2-6(5)7/h4-6H,1-3,10H2. The number of halogens is 2. The maximum Gasteiger partial charge on any atom is 0.254 e. The lowest BCUT2D eigenvalue weighted by Crippen LogP contribution is -2.16. The number of nitrogens with two attached hydrogens (primary N) is 1. The Morgan fingerprint density at radius 1 is 1.30 bits per heavy atom. The molecular formula is C7H11F2N. The van der Waals surface area contributed by atoms with E-state index < -0.39 is 5.92 Å². The molecule has 0 heterocycles. The summed E-state index contributed by atoms with van der Waals surface area (Å²) < 4.78 is 25.0. The van der Waals surface area contributed by atoms with Gasteiger partial charge in [0.25, 0.3) is 5.92 Å². The van der Waals surface area contributed by atoms with Crippen LogP contribution >= 0.6 is 0 Å². The highest BCUT2D eigenvalue weighted by molar-refractivity contribution is 5.10. The van der Waals surface area contributed by atoms with E-state index in [4.69, 9.17) is 5.73 Å². The van der Waals surface area contributed by atoms with Crippen molar-refractivity contribution in [2.24, 2.45) is 23.5 Å². The third-order valence-corrected chi connectivity index (χ3v) is 2.87. The lowest BCUT2D eigenvalue weighted by atomic mass is 10.0. The molecule has 0 radical (unpaired) electrons. The number of alkyl halides is 2. The van der Waals surface area contributed by atoms with Gasteiger partial charge in [-0.2, -0.15) is 0 Å². The van der Waals surface area contributed by atoms with Gasteiger partial charge in [0, 0.05) is 11.8 Å². The summed E-state index contributed by atoms with van der Waals surface area (Å²) in [5, 5.41) is 0. The third kappa shape index (κ3) is 0.641. The first-order chi connectivity index (χ1) is 4.66. The van der Waals surface area contributed by atoms with Crippen LogP contribution in [0.1, 0.15) is 12.8 Å². The van der Waals surface area contributed by atoms with E-state index in [0.717, 1.165) is 0 Å². The molecule has 0 aromatic rings. The molecule has 2 rings (SSSR count). The van der Waals surface area contributed by atoms with Gasteiger partial charge in [-0.15, -0.1) is 0 Å². The summed E-state index contributed by atoms with van der Waals surface area (Å²) in [5.41, 5.74) is 5.36. The van der Waals surface area contributed by atoms with Gasteiger partial charge in [-0.1, -0.05) is 0 Å². The Kier molecular flexibility index (Phi) is 1.11. The van der Waals surface area contributed by atoms with E-state index >= 15 is 0 Å². The summed E-state index contributed by atoms with van der Waals surface area (Å²) in [5.74, 6) is -2.54. The van der Waals surface area contributed by atoms with E-state index in [1.807, 2.05) is 0 Å².